The number of fused-ring (bicyclic) bond motifs is 3. The van der Waals surface area contributed by atoms with Crippen LogP contribution < -0.4 is 14.2 Å². The number of aromatic nitrogens is 2. The van der Waals surface area contributed by atoms with Crippen LogP contribution >= 0.6 is 0 Å². The normalized spacial score (nSPS) is 10.9. The maximum absolute atomic E-state index is 12.2. The Morgan fingerprint density at radius 3 is 2.59 bits per heavy atom. The number of hydrogen-bond acceptors (Lipinski definition) is 6. The van der Waals surface area contributed by atoms with Crippen LogP contribution in [0.3, 0.4) is 0 Å². The fraction of sp³-hybridized carbons (Fsp3) is 0.240. The topological polar surface area (TPSA) is 103 Å². The van der Waals surface area contributed by atoms with Crippen LogP contribution in [-0.4, -0.2) is 58.8 Å². The molecule has 1 aromatic carbocycles. The number of pyridine rings is 2. The molecule has 0 aliphatic rings. The molecule has 34 heavy (non-hydrogen) atoms. The lowest BCUT2D eigenvalue weighted by atomic mass is 10.1. The van der Waals surface area contributed by atoms with Gasteiger partial charge in [0, 0.05) is 51.1 Å². The number of carbonyl (C=O) groups excluding carboxylic acids is 1. The third-order valence-electron chi connectivity index (χ3n) is 5.20. The molecule has 0 spiro atoms. The molecular formula is C25H25N3O6. The van der Waals surface area contributed by atoms with E-state index in [1.165, 1.54) is 4.90 Å². The zero-order chi connectivity index (χ0) is 24.2. The molecule has 0 radical (unpaired) electrons. The molecule has 9 heteroatoms. The van der Waals surface area contributed by atoms with Crippen molar-refractivity contribution < 1.29 is 28.9 Å². The molecule has 3 heterocycles. The summed E-state index contributed by atoms with van der Waals surface area (Å²) in [4.78, 5) is 29.9. The predicted molar refractivity (Wildman–Crippen MR) is 126 cm³/mol. The van der Waals surface area contributed by atoms with E-state index in [1.807, 2.05) is 13.0 Å². The van der Waals surface area contributed by atoms with Crippen molar-refractivity contribution in [3.63, 3.8) is 0 Å². The molecule has 0 saturated heterocycles. The third kappa shape index (κ3) is 4.59. The quantitative estimate of drug-likeness (QED) is 0.416. The van der Waals surface area contributed by atoms with Gasteiger partial charge in [-0.05, 0) is 24.6 Å². The van der Waals surface area contributed by atoms with Gasteiger partial charge in [0.1, 0.15) is 11.5 Å². The van der Waals surface area contributed by atoms with Gasteiger partial charge in [-0.15, -0.1) is 0 Å². The highest BCUT2D eigenvalue weighted by molar-refractivity contribution is 6.13. The lowest BCUT2D eigenvalue weighted by molar-refractivity contribution is 0.0700. The number of aromatic carboxylic acids is 1. The minimum absolute atomic E-state index is 0.124. The standard InChI is InChI=1S/C25H25N3O6/c1-4-32-21-9-8-16(15-26-21)10-12-33-20-14-17(34-25(31)27(2)3)13-19-22(20)23(24(29)30)18-7-5-6-11-28(18)19/h5-9,11,13-15H,4,10,12H2,1-3H3,(H,29,30). The number of rotatable bonds is 8. The van der Waals surface area contributed by atoms with Crippen molar-refractivity contribution in [2.75, 3.05) is 27.3 Å². The SMILES string of the molecule is CCOc1ccc(CCOc2cc(OC(=O)N(C)C)cc3c2c(C(=O)O)c2ccccn23)cn1. The molecule has 176 valence electrons. The van der Waals surface area contributed by atoms with E-state index in [2.05, 4.69) is 4.98 Å². The Balaban J connectivity index is 1.72. The zero-order valence-corrected chi connectivity index (χ0v) is 19.1. The van der Waals surface area contributed by atoms with Crippen molar-refractivity contribution in [2.45, 2.75) is 13.3 Å². The smallest absolute Gasteiger partial charge is 0.414 e. The molecule has 0 bridgehead atoms. The van der Waals surface area contributed by atoms with Crippen LogP contribution in [0.2, 0.25) is 0 Å². The number of nitrogens with zero attached hydrogens (tertiary/aromatic N) is 3. The highest BCUT2D eigenvalue weighted by Crippen LogP contribution is 2.38. The highest BCUT2D eigenvalue weighted by Gasteiger charge is 2.23. The van der Waals surface area contributed by atoms with Crippen molar-refractivity contribution in [3.8, 4) is 17.4 Å². The van der Waals surface area contributed by atoms with Crippen molar-refractivity contribution in [3.05, 3.63) is 66.0 Å². The molecule has 0 saturated carbocycles. The minimum atomic E-state index is -1.07. The summed E-state index contributed by atoms with van der Waals surface area (Å²) in [7, 11) is 3.16. The van der Waals surface area contributed by atoms with Crippen LogP contribution in [0.1, 0.15) is 22.8 Å². The summed E-state index contributed by atoms with van der Waals surface area (Å²) in [5.41, 5.74) is 2.14. The Bertz CT molecular complexity index is 1340. The number of ether oxygens (including phenoxy) is 3. The Labute approximate surface area is 196 Å². The lowest BCUT2D eigenvalue weighted by Gasteiger charge is -2.14. The van der Waals surface area contributed by atoms with Gasteiger partial charge in [-0.1, -0.05) is 12.1 Å². The summed E-state index contributed by atoms with van der Waals surface area (Å²) in [6.45, 7) is 2.70. The Morgan fingerprint density at radius 1 is 1.09 bits per heavy atom. The van der Waals surface area contributed by atoms with E-state index in [-0.39, 0.29) is 17.9 Å². The van der Waals surface area contributed by atoms with Crippen molar-refractivity contribution in [1.29, 1.82) is 0 Å². The molecule has 4 rings (SSSR count). The Hall–Kier alpha value is -4.27. The summed E-state index contributed by atoms with van der Waals surface area (Å²) < 4.78 is 18.6. The summed E-state index contributed by atoms with van der Waals surface area (Å²) >= 11 is 0. The van der Waals surface area contributed by atoms with Crippen LogP contribution in [-0.2, 0) is 6.42 Å². The Kier molecular flexibility index (Phi) is 6.53. The summed E-state index contributed by atoms with van der Waals surface area (Å²) in [5, 5.41) is 10.4. The molecule has 0 aliphatic carbocycles. The van der Waals surface area contributed by atoms with Crippen LogP contribution in [0, 0.1) is 0 Å². The molecule has 3 aromatic heterocycles. The van der Waals surface area contributed by atoms with E-state index in [1.54, 1.807) is 67.3 Å². The lowest BCUT2D eigenvalue weighted by Crippen LogP contribution is -2.25. The van der Waals surface area contributed by atoms with Gasteiger partial charge in [0.05, 0.1) is 35.2 Å². The van der Waals surface area contributed by atoms with Crippen LogP contribution in [0.5, 0.6) is 17.4 Å². The highest BCUT2D eigenvalue weighted by atomic mass is 16.6. The monoisotopic (exact) mass is 463 g/mol. The number of benzene rings is 1. The van der Waals surface area contributed by atoms with Gasteiger partial charge in [-0.3, -0.25) is 0 Å². The van der Waals surface area contributed by atoms with Gasteiger partial charge in [-0.2, -0.15) is 0 Å². The first-order valence-electron chi connectivity index (χ1n) is 10.8. The average molecular weight is 463 g/mol. The second kappa shape index (κ2) is 9.70. The largest absolute Gasteiger partial charge is 0.492 e. The van der Waals surface area contributed by atoms with Crippen LogP contribution in [0.15, 0.2) is 54.9 Å². The van der Waals surface area contributed by atoms with E-state index in [4.69, 9.17) is 14.2 Å². The van der Waals surface area contributed by atoms with Crippen molar-refractivity contribution in [1.82, 2.24) is 14.3 Å². The van der Waals surface area contributed by atoms with Gasteiger partial charge < -0.3 is 28.6 Å². The van der Waals surface area contributed by atoms with Gasteiger partial charge >= 0.3 is 12.1 Å². The average Bonchev–Trinajstić information content (AvgIpc) is 3.15. The molecule has 0 unspecified atom stereocenters. The van der Waals surface area contributed by atoms with E-state index >= 15 is 0 Å². The molecule has 0 aliphatic heterocycles. The third-order valence-corrected chi connectivity index (χ3v) is 5.20. The van der Waals surface area contributed by atoms with Crippen LogP contribution in [0.4, 0.5) is 4.79 Å². The fourth-order valence-electron chi connectivity index (χ4n) is 3.65. The molecule has 1 amide bonds. The fourth-order valence-corrected chi connectivity index (χ4v) is 3.65. The number of hydrogen-bond donors (Lipinski definition) is 1. The second-order valence-corrected chi connectivity index (χ2v) is 7.75. The molecule has 0 atom stereocenters. The van der Waals surface area contributed by atoms with Gasteiger partial charge in [0.15, 0.2) is 0 Å². The van der Waals surface area contributed by atoms with E-state index in [0.29, 0.717) is 41.1 Å². The minimum Gasteiger partial charge on any atom is -0.492 e. The molecular weight excluding hydrogens is 438 g/mol. The van der Waals surface area contributed by atoms with E-state index < -0.39 is 12.1 Å². The first-order valence-corrected chi connectivity index (χ1v) is 10.8. The second-order valence-electron chi connectivity index (χ2n) is 7.75. The van der Waals surface area contributed by atoms with Gasteiger partial charge in [-0.25, -0.2) is 14.6 Å². The first kappa shape index (κ1) is 22.9. The molecule has 9 nitrogen and oxygen atoms in total. The molecule has 0 fully saturated rings. The summed E-state index contributed by atoms with van der Waals surface area (Å²) in [6, 6.07) is 12.2. The predicted octanol–water partition coefficient (Wildman–Crippen LogP) is 4.27. The first-order chi connectivity index (χ1) is 16.4. The Morgan fingerprint density at radius 2 is 1.91 bits per heavy atom. The van der Waals surface area contributed by atoms with E-state index in [0.717, 1.165) is 5.56 Å². The van der Waals surface area contributed by atoms with E-state index in [9.17, 15) is 14.7 Å². The zero-order valence-electron chi connectivity index (χ0n) is 19.1. The van der Waals surface area contributed by atoms with Crippen LogP contribution in [0.25, 0.3) is 16.4 Å². The number of carbonyl (C=O) groups is 2. The number of amides is 1. The summed E-state index contributed by atoms with van der Waals surface area (Å²) in [6.07, 6.45) is 3.47. The molecule has 1 N–H and O–H groups in total. The molecule has 4 aromatic rings. The van der Waals surface area contributed by atoms with Crippen molar-refractivity contribution in [2.24, 2.45) is 0 Å². The number of carboxylic acid groups (broad SMARTS) is 1. The maximum Gasteiger partial charge on any atom is 0.414 e. The van der Waals surface area contributed by atoms with Gasteiger partial charge in [0.2, 0.25) is 5.88 Å². The summed E-state index contributed by atoms with van der Waals surface area (Å²) in [5.74, 6) is 0.0522. The number of carboxylic acids is 1. The van der Waals surface area contributed by atoms with Crippen molar-refractivity contribution >= 4 is 28.5 Å². The van der Waals surface area contributed by atoms with Gasteiger partial charge in [0.25, 0.3) is 0 Å². The maximum atomic E-state index is 12.2.